The molecule has 0 aliphatic carbocycles. The number of rotatable bonds is 5. The monoisotopic (exact) mass is 241 g/mol. The predicted molar refractivity (Wildman–Crippen MR) is 53.1 cm³/mol. The van der Waals surface area contributed by atoms with Crippen LogP contribution < -0.4 is 0 Å². The summed E-state index contributed by atoms with van der Waals surface area (Å²) in [4.78, 5) is 1.64. The molecule has 2 atom stereocenters. The Labute approximate surface area is 93.2 Å². The van der Waals surface area contributed by atoms with E-state index in [0.29, 0.717) is 19.7 Å². The Morgan fingerprint density at radius 2 is 2.06 bits per heavy atom. The van der Waals surface area contributed by atoms with E-state index in [0.717, 1.165) is 0 Å². The summed E-state index contributed by atoms with van der Waals surface area (Å²) >= 11 is 0. The van der Waals surface area contributed by atoms with Gasteiger partial charge < -0.3 is 14.7 Å². The first-order chi connectivity index (χ1) is 7.49. The molecule has 0 spiro atoms. The summed E-state index contributed by atoms with van der Waals surface area (Å²) < 4.78 is 43.2. The minimum atomic E-state index is -4.17. The number of hydrogen-bond acceptors (Lipinski definition) is 3. The second-order valence-electron chi connectivity index (χ2n) is 4.05. The lowest BCUT2D eigenvalue weighted by Crippen LogP contribution is -2.32. The molecule has 1 fully saturated rings. The van der Waals surface area contributed by atoms with Gasteiger partial charge in [-0.3, -0.25) is 0 Å². The maximum absolute atomic E-state index is 12.7. The summed E-state index contributed by atoms with van der Waals surface area (Å²) in [6, 6.07) is 0. The molecule has 0 radical (unpaired) electrons. The third-order valence-electron chi connectivity index (χ3n) is 2.89. The van der Waals surface area contributed by atoms with Crippen LogP contribution in [-0.2, 0) is 4.74 Å². The average molecular weight is 241 g/mol. The van der Waals surface area contributed by atoms with Crippen LogP contribution in [0.4, 0.5) is 13.2 Å². The lowest BCUT2D eigenvalue weighted by molar-refractivity contribution is -0.184. The van der Waals surface area contributed by atoms with Crippen molar-refractivity contribution in [3.8, 4) is 0 Å². The van der Waals surface area contributed by atoms with Crippen LogP contribution in [-0.4, -0.2) is 55.6 Å². The van der Waals surface area contributed by atoms with E-state index >= 15 is 0 Å². The number of aliphatic hydroxyl groups excluding tert-OH is 1. The van der Waals surface area contributed by atoms with Crippen LogP contribution in [0.3, 0.4) is 0 Å². The molecule has 1 aliphatic heterocycles. The van der Waals surface area contributed by atoms with Crippen molar-refractivity contribution in [1.82, 2.24) is 4.90 Å². The fourth-order valence-electron chi connectivity index (χ4n) is 2.09. The van der Waals surface area contributed by atoms with Crippen LogP contribution in [0.1, 0.15) is 6.92 Å². The molecule has 0 aromatic heterocycles. The second kappa shape index (κ2) is 5.84. The van der Waals surface area contributed by atoms with Crippen molar-refractivity contribution in [3.05, 3.63) is 0 Å². The first-order valence-corrected chi connectivity index (χ1v) is 5.46. The van der Waals surface area contributed by atoms with Gasteiger partial charge in [-0.05, 0) is 6.92 Å². The number of hydrogen-bond donors (Lipinski definition) is 1. The Morgan fingerprint density at radius 3 is 2.56 bits per heavy atom. The normalized spacial score (nSPS) is 27.6. The van der Waals surface area contributed by atoms with E-state index in [2.05, 4.69) is 0 Å². The SMILES string of the molecule is CCOC[C@H]1CN(CCO)C[C@H]1C(F)(F)F. The maximum Gasteiger partial charge on any atom is 0.393 e. The van der Waals surface area contributed by atoms with E-state index in [-0.39, 0.29) is 19.8 Å². The summed E-state index contributed by atoms with van der Waals surface area (Å²) in [5.74, 6) is -1.84. The Bertz CT molecular complexity index is 211. The van der Waals surface area contributed by atoms with E-state index in [4.69, 9.17) is 9.84 Å². The fraction of sp³-hybridized carbons (Fsp3) is 1.00. The Kier molecular flexibility index (Phi) is 5.01. The molecular weight excluding hydrogens is 223 g/mol. The van der Waals surface area contributed by atoms with Gasteiger partial charge in [-0.25, -0.2) is 0 Å². The Morgan fingerprint density at radius 1 is 1.38 bits per heavy atom. The molecule has 0 aromatic carbocycles. The Balaban J connectivity index is 2.56. The van der Waals surface area contributed by atoms with Gasteiger partial charge in [0.15, 0.2) is 0 Å². The van der Waals surface area contributed by atoms with Crippen molar-refractivity contribution in [2.75, 3.05) is 39.5 Å². The van der Waals surface area contributed by atoms with Crippen molar-refractivity contribution in [3.63, 3.8) is 0 Å². The van der Waals surface area contributed by atoms with Gasteiger partial charge in [0.25, 0.3) is 0 Å². The molecule has 0 unspecified atom stereocenters. The van der Waals surface area contributed by atoms with Crippen LogP contribution in [0.25, 0.3) is 0 Å². The quantitative estimate of drug-likeness (QED) is 0.783. The predicted octanol–water partition coefficient (Wildman–Crippen LogP) is 1.13. The van der Waals surface area contributed by atoms with E-state index in [1.807, 2.05) is 0 Å². The van der Waals surface area contributed by atoms with Gasteiger partial charge >= 0.3 is 6.18 Å². The molecule has 16 heavy (non-hydrogen) atoms. The zero-order chi connectivity index (χ0) is 12.2. The summed E-state index contributed by atoms with van der Waals surface area (Å²) in [7, 11) is 0. The highest BCUT2D eigenvalue weighted by molar-refractivity contribution is 4.88. The molecule has 1 saturated heterocycles. The van der Waals surface area contributed by atoms with Crippen molar-refractivity contribution >= 4 is 0 Å². The highest BCUT2D eigenvalue weighted by Gasteiger charge is 2.49. The van der Waals surface area contributed by atoms with Crippen LogP contribution >= 0.6 is 0 Å². The number of alkyl halides is 3. The zero-order valence-corrected chi connectivity index (χ0v) is 9.33. The molecule has 6 heteroatoms. The number of aliphatic hydroxyl groups is 1. The first kappa shape index (κ1) is 13.7. The maximum atomic E-state index is 12.7. The number of ether oxygens (including phenoxy) is 1. The molecular formula is C10H18F3NO2. The largest absolute Gasteiger partial charge is 0.395 e. The topological polar surface area (TPSA) is 32.7 Å². The number of halogens is 3. The molecule has 1 N–H and O–H groups in total. The molecule has 1 rings (SSSR count). The van der Waals surface area contributed by atoms with Gasteiger partial charge in [0.1, 0.15) is 0 Å². The number of β-amino-alcohol motifs (C(OH)–C–C–N with tert-alkyl or cyclic N) is 1. The summed E-state index contributed by atoms with van der Waals surface area (Å²) in [6.45, 7) is 2.86. The van der Waals surface area contributed by atoms with E-state index in [1.54, 1.807) is 11.8 Å². The number of nitrogens with zero attached hydrogens (tertiary/aromatic N) is 1. The van der Waals surface area contributed by atoms with Crippen LogP contribution in [0.2, 0.25) is 0 Å². The highest BCUT2D eigenvalue weighted by atomic mass is 19.4. The summed E-state index contributed by atoms with van der Waals surface area (Å²) in [5, 5.41) is 8.72. The van der Waals surface area contributed by atoms with Crippen LogP contribution in [0.5, 0.6) is 0 Å². The third kappa shape index (κ3) is 3.61. The van der Waals surface area contributed by atoms with Crippen LogP contribution in [0.15, 0.2) is 0 Å². The van der Waals surface area contributed by atoms with Gasteiger partial charge in [-0.15, -0.1) is 0 Å². The van der Waals surface area contributed by atoms with Crippen molar-refractivity contribution < 1.29 is 23.0 Å². The van der Waals surface area contributed by atoms with Gasteiger partial charge in [0.05, 0.1) is 19.1 Å². The first-order valence-electron chi connectivity index (χ1n) is 5.46. The molecule has 96 valence electrons. The van der Waals surface area contributed by atoms with Gasteiger partial charge in [0, 0.05) is 32.2 Å². The van der Waals surface area contributed by atoms with Crippen LogP contribution in [0, 0.1) is 11.8 Å². The standard InChI is InChI=1S/C10H18F3NO2/c1-2-16-7-8-5-14(3-4-15)6-9(8)10(11,12)13/h8-9,15H,2-7H2,1H3/t8-,9-/m1/s1. The zero-order valence-electron chi connectivity index (χ0n) is 9.33. The van der Waals surface area contributed by atoms with E-state index in [9.17, 15) is 13.2 Å². The van der Waals surface area contributed by atoms with Crippen molar-refractivity contribution in [2.45, 2.75) is 13.1 Å². The van der Waals surface area contributed by atoms with Gasteiger partial charge in [-0.1, -0.05) is 0 Å². The summed E-state index contributed by atoms with van der Waals surface area (Å²) in [5.41, 5.74) is 0. The van der Waals surface area contributed by atoms with Gasteiger partial charge in [0.2, 0.25) is 0 Å². The molecule has 3 nitrogen and oxygen atoms in total. The lowest BCUT2D eigenvalue weighted by atomic mass is 9.96. The average Bonchev–Trinajstić information content (AvgIpc) is 2.58. The molecule has 0 bridgehead atoms. The molecule has 1 heterocycles. The molecule has 1 aliphatic rings. The van der Waals surface area contributed by atoms with Crippen molar-refractivity contribution in [2.24, 2.45) is 11.8 Å². The molecule has 0 saturated carbocycles. The molecule has 0 amide bonds. The fourth-order valence-corrected chi connectivity index (χ4v) is 2.09. The highest BCUT2D eigenvalue weighted by Crippen LogP contribution is 2.37. The lowest BCUT2D eigenvalue weighted by Gasteiger charge is -2.20. The number of likely N-dealkylation sites (tertiary alicyclic amines) is 1. The minimum absolute atomic E-state index is 0.0260. The van der Waals surface area contributed by atoms with Crippen molar-refractivity contribution in [1.29, 1.82) is 0 Å². The third-order valence-corrected chi connectivity index (χ3v) is 2.89. The summed E-state index contributed by atoms with van der Waals surface area (Å²) in [6.07, 6.45) is -4.17. The molecule has 0 aromatic rings. The van der Waals surface area contributed by atoms with E-state index < -0.39 is 18.0 Å². The second-order valence-corrected chi connectivity index (χ2v) is 4.05. The Hall–Kier alpha value is -0.330. The smallest absolute Gasteiger partial charge is 0.393 e. The minimum Gasteiger partial charge on any atom is -0.395 e. The van der Waals surface area contributed by atoms with E-state index in [1.165, 1.54) is 0 Å². The van der Waals surface area contributed by atoms with Gasteiger partial charge in [-0.2, -0.15) is 13.2 Å².